The number of hydrogen-bond donors (Lipinski definition) is 2. The molecule has 0 atom stereocenters. The van der Waals surface area contributed by atoms with Crippen molar-refractivity contribution in [3.8, 4) is 5.75 Å². The lowest BCUT2D eigenvalue weighted by Gasteiger charge is -2.27. The quantitative estimate of drug-likeness (QED) is 0.800. The summed E-state index contributed by atoms with van der Waals surface area (Å²) in [6.07, 6.45) is 2.68. The van der Waals surface area contributed by atoms with Gasteiger partial charge in [-0.05, 0) is 34.6 Å². The highest BCUT2D eigenvalue weighted by Gasteiger charge is 2.26. The third-order valence-electron chi connectivity index (χ3n) is 3.17. The maximum atomic E-state index is 10.7. The van der Waals surface area contributed by atoms with E-state index in [9.17, 15) is 9.90 Å². The Bertz CT molecular complexity index is 505. The van der Waals surface area contributed by atoms with Crippen LogP contribution in [0, 0.1) is 0 Å². The molecule has 0 aromatic heterocycles. The second kappa shape index (κ2) is 5.31. The summed E-state index contributed by atoms with van der Waals surface area (Å²) in [7, 11) is 0. The summed E-state index contributed by atoms with van der Waals surface area (Å²) in [5, 5.41) is 19.3. The molecule has 1 aromatic rings. The van der Waals surface area contributed by atoms with Gasteiger partial charge in [0.2, 0.25) is 0 Å². The third-order valence-corrected chi connectivity index (χ3v) is 3.17. The Hall–Kier alpha value is -1.77. The van der Waals surface area contributed by atoms with Crippen LogP contribution in [0.3, 0.4) is 0 Å². The molecular weight excluding hydrogens is 252 g/mol. The average molecular weight is 276 g/mol. The van der Waals surface area contributed by atoms with Crippen molar-refractivity contribution in [1.82, 2.24) is 0 Å². The number of phenolic OH excluding ortho intramolecular Hbond substituents is 1. The first-order chi connectivity index (χ1) is 8.93. The van der Waals surface area contributed by atoms with Crippen LogP contribution >= 0.6 is 0 Å². The van der Waals surface area contributed by atoms with Gasteiger partial charge in [-0.25, -0.2) is 4.79 Å². The van der Waals surface area contributed by atoms with Crippen LogP contribution in [-0.2, 0) is 15.6 Å². The van der Waals surface area contributed by atoms with Crippen LogP contribution in [0.15, 0.2) is 18.2 Å². The molecule has 0 radical (unpaired) electrons. The zero-order chi connectivity index (χ0) is 15.7. The van der Waals surface area contributed by atoms with Gasteiger partial charge in [0.05, 0.1) is 0 Å². The first-order valence-corrected chi connectivity index (χ1v) is 6.72. The molecule has 20 heavy (non-hydrogen) atoms. The first-order valence-electron chi connectivity index (χ1n) is 6.72. The van der Waals surface area contributed by atoms with Gasteiger partial charge in [-0.3, -0.25) is 0 Å². The van der Waals surface area contributed by atoms with Crippen molar-refractivity contribution in [3.05, 3.63) is 34.9 Å². The van der Waals surface area contributed by atoms with Crippen molar-refractivity contribution >= 4 is 12.0 Å². The minimum absolute atomic E-state index is 0.211. The Kier molecular flexibility index (Phi) is 4.33. The molecular formula is C17H24O3. The van der Waals surface area contributed by atoms with Crippen LogP contribution in [0.25, 0.3) is 6.08 Å². The van der Waals surface area contributed by atoms with E-state index >= 15 is 0 Å². The van der Waals surface area contributed by atoms with E-state index in [1.165, 1.54) is 0 Å². The van der Waals surface area contributed by atoms with Gasteiger partial charge in [0.25, 0.3) is 0 Å². The first kappa shape index (κ1) is 16.3. The third kappa shape index (κ3) is 3.86. The van der Waals surface area contributed by atoms with Gasteiger partial charge in [0, 0.05) is 17.2 Å². The van der Waals surface area contributed by atoms with Gasteiger partial charge in [-0.2, -0.15) is 0 Å². The zero-order valence-corrected chi connectivity index (χ0v) is 13.1. The summed E-state index contributed by atoms with van der Waals surface area (Å²) < 4.78 is 0. The molecule has 0 saturated heterocycles. The van der Waals surface area contributed by atoms with Crippen LogP contribution in [-0.4, -0.2) is 16.2 Å². The van der Waals surface area contributed by atoms with E-state index in [1.54, 1.807) is 6.08 Å². The second-order valence-electron chi connectivity index (χ2n) is 7.14. The molecule has 1 rings (SSSR count). The number of carbonyl (C=O) groups is 1. The van der Waals surface area contributed by atoms with E-state index in [-0.39, 0.29) is 10.8 Å². The predicted molar refractivity (Wildman–Crippen MR) is 82.2 cm³/mol. The van der Waals surface area contributed by atoms with E-state index in [1.807, 2.05) is 53.7 Å². The highest BCUT2D eigenvalue weighted by Crippen LogP contribution is 2.39. The topological polar surface area (TPSA) is 57.5 Å². The molecule has 3 heteroatoms. The number of rotatable bonds is 2. The largest absolute Gasteiger partial charge is 0.507 e. The number of aromatic hydroxyl groups is 1. The van der Waals surface area contributed by atoms with Crippen molar-refractivity contribution in [1.29, 1.82) is 0 Å². The highest BCUT2D eigenvalue weighted by atomic mass is 16.4. The molecule has 1 aromatic carbocycles. The fraction of sp³-hybridized carbons (Fsp3) is 0.471. The van der Waals surface area contributed by atoms with Crippen LogP contribution in [0.1, 0.15) is 58.2 Å². The Morgan fingerprint density at radius 1 is 1.00 bits per heavy atom. The van der Waals surface area contributed by atoms with Crippen LogP contribution in [0.5, 0.6) is 5.75 Å². The fourth-order valence-corrected chi connectivity index (χ4v) is 2.06. The maximum absolute atomic E-state index is 10.7. The van der Waals surface area contributed by atoms with E-state index in [0.29, 0.717) is 5.75 Å². The zero-order valence-electron chi connectivity index (χ0n) is 13.1. The summed E-state index contributed by atoms with van der Waals surface area (Å²) in [6, 6.07) is 3.70. The number of carboxylic acids is 1. The lowest BCUT2D eigenvalue weighted by Crippen LogP contribution is -2.17. The monoisotopic (exact) mass is 276 g/mol. The second-order valence-corrected chi connectivity index (χ2v) is 7.14. The van der Waals surface area contributed by atoms with E-state index in [0.717, 1.165) is 22.8 Å². The van der Waals surface area contributed by atoms with Crippen molar-refractivity contribution in [3.63, 3.8) is 0 Å². The summed E-state index contributed by atoms with van der Waals surface area (Å²) in [4.78, 5) is 10.7. The number of hydrogen-bond acceptors (Lipinski definition) is 2. The molecule has 0 heterocycles. The lowest BCUT2D eigenvalue weighted by molar-refractivity contribution is -0.131. The van der Waals surface area contributed by atoms with Crippen LogP contribution < -0.4 is 0 Å². The predicted octanol–water partition coefficient (Wildman–Crippen LogP) is 4.09. The molecule has 0 unspecified atom stereocenters. The molecule has 0 saturated carbocycles. The van der Waals surface area contributed by atoms with Gasteiger partial charge < -0.3 is 10.2 Å². The molecule has 0 aliphatic carbocycles. The SMILES string of the molecule is CC(C)(C)c1cc(C=CC(=O)O)cc(C(C)(C)C)c1O. The van der Waals surface area contributed by atoms with E-state index < -0.39 is 5.97 Å². The molecule has 0 aliphatic heterocycles. The Morgan fingerprint density at radius 3 is 1.70 bits per heavy atom. The van der Waals surface area contributed by atoms with Crippen LogP contribution in [0.2, 0.25) is 0 Å². The molecule has 0 spiro atoms. The summed E-state index contributed by atoms with van der Waals surface area (Å²) in [6.45, 7) is 12.2. The average Bonchev–Trinajstić information content (AvgIpc) is 2.24. The molecule has 0 aliphatic rings. The summed E-state index contributed by atoms with van der Waals surface area (Å²) in [5.74, 6) is -0.676. The van der Waals surface area contributed by atoms with E-state index in [2.05, 4.69) is 0 Å². The smallest absolute Gasteiger partial charge is 0.328 e. The molecule has 110 valence electrons. The standard InChI is InChI=1S/C17H24O3/c1-16(2,3)12-9-11(7-8-14(18)19)10-13(15(12)20)17(4,5)6/h7-10,20H,1-6H3,(H,18,19). The number of carboxylic acid groups (broad SMARTS) is 1. The molecule has 2 N–H and O–H groups in total. The number of benzene rings is 1. The minimum Gasteiger partial charge on any atom is -0.507 e. The van der Waals surface area contributed by atoms with E-state index in [4.69, 9.17) is 5.11 Å². The summed E-state index contributed by atoms with van der Waals surface area (Å²) in [5.41, 5.74) is 2.03. The Labute approximate surface area is 121 Å². The van der Waals surface area contributed by atoms with Gasteiger partial charge in [0.15, 0.2) is 0 Å². The lowest BCUT2D eigenvalue weighted by atomic mass is 9.78. The van der Waals surface area contributed by atoms with Gasteiger partial charge in [0.1, 0.15) is 5.75 Å². The molecule has 0 amide bonds. The van der Waals surface area contributed by atoms with Crippen LogP contribution in [0.4, 0.5) is 0 Å². The van der Waals surface area contributed by atoms with Crippen molar-refractivity contribution in [2.75, 3.05) is 0 Å². The fourth-order valence-electron chi connectivity index (χ4n) is 2.06. The van der Waals surface area contributed by atoms with Crippen molar-refractivity contribution in [2.24, 2.45) is 0 Å². The van der Waals surface area contributed by atoms with Gasteiger partial charge in [-0.15, -0.1) is 0 Å². The summed E-state index contributed by atoms with van der Waals surface area (Å²) >= 11 is 0. The molecule has 0 bridgehead atoms. The molecule has 3 nitrogen and oxygen atoms in total. The Morgan fingerprint density at radius 2 is 1.40 bits per heavy atom. The maximum Gasteiger partial charge on any atom is 0.328 e. The highest BCUT2D eigenvalue weighted by molar-refractivity contribution is 5.85. The van der Waals surface area contributed by atoms with Gasteiger partial charge >= 0.3 is 5.97 Å². The van der Waals surface area contributed by atoms with Crippen molar-refractivity contribution in [2.45, 2.75) is 52.4 Å². The number of aliphatic carboxylic acids is 1. The molecule has 0 fully saturated rings. The number of phenols is 1. The van der Waals surface area contributed by atoms with Gasteiger partial charge in [-0.1, -0.05) is 41.5 Å². The normalized spacial score (nSPS) is 12.9. The van der Waals surface area contributed by atoms with Crippen molar-refractivity contribution < 1.29 is 15.0 Å². The Balaban J connectivity index is 3.54. The minimum atomic E-state index is -0.979.